The molecular weight excluding hydrogens is 238 g/mol. The minimum absolute atomic E-state index is 0.309. The van der Waals surface area contributed by atoms with E-state index in [1.807, 2.05) is 13.8 Å². The average molecular weight is 253 g/mol. The number of carbonyl (C=O) groups is 1. The van der Waals surface area contributed by atoms with Gasteiger partial charge in [-0.2, -0.15) is 4.99 Å². The Hall–Kier alpha value is -1.45. The van der Waals surface area contributed by atoms with E-state index in [9.17, 15) is 9.59 Å². The standard InChI is InChI=1S/C12H15NO3S/c1-4-8-9(5-2)17-11(13-7-14)10(8)12(15)16-6-3/h4-6H2,1-3H3. The van der Waals surface area contributed by atoms with Crippen molar-refractivity contribution >= 4 is 28.4 Å². The second-order valence-corrected chi connectivity index (χ2v) is 4.40. The molecule has 1 aromatic rings. The maximum Gasteiger partial charge on any atom is 0.341 e. The van der Waals surface area contributed by atoms with Crippen molar-refractivity contribution in [1.82, 2.24) is 0 Å². The third-order valence-corrected chi connectivity index (χ3v) is 3.64. The minimum atomic E-state index is -0.408. The van der Waals surface area contributed by atoms with E-state index in [0.717, 1.165) is 23.3 Å². The number of esters is 1. The highest BCUT2D eigenvalue weighted by Crippen LogP contribution is 2.36. The van der Waals surface area contributed by atoms with E-state index < -0.39 is 5.97 Å². The van der Waals surface area contributed by atoms with Gasteiger partial charge in [0.15, 0.2) is 0 Å². The van der Waals surface area contributed by atoms with E-state index in [2.05, 4.69) is 4.99 Å². The zero-order valence-corrected chi connectivity index (χ0v) is 11.0. The number of hydrogen-bond donors (Lipinski definition) is 0. The SMILES string of the molecule is CCOC(=O)c1c(N=C=O)sc(CC)c1CC. The molecule has 0 saturated carbocycles. The van der Waals surface area contributed by atoms with Crippen LogP contribution in [0.25, 0.3) is 0 Å². The Balaban J connectivity index is 3.35. The summed E-state index contributed by atoms with van der Waals surface area (Å²) in [4.78, 5) is 26.9. The third kappa shape index (κ3) is 2.81. The van der Waals surface area contributed by atoms with E-state index in [-0.39, 0.29) is 0 Å². The van der Waals surface area contributed by atoms with Crippen molar-refractivity contribution in [2.75, 3.05) is 6.61 Å². The molecule has 0 aliphatic heterocycles. The van der Waals surface area contributed by atoms with Gasteiger partial charge >= 0.3 is 5.97 Å². The summed E-state index contributed by atoms with van der Waals surface area (Å²) in [6, 6.07) is 0. The molecule has 1 aromatic heterocycles. The molecule has 0 atom stereocenters. The van der Waals surface area contributed by atoms with Crippen LogP contribution in [-0.2, 0) is 22.4 Å². The lowest BCUT2D eigenvalue weighted by Crippen LogP contribution is -2.06. The summed E-state index contributed by atoms with van der Waals surface area (Å²) in [5, 5.41) is 0.409. The van der Waals surface area contributed by atoms with Crippen molar-refractivity contribution in [1.29, 1.82) is 0 Å². The molecule has 0 aliphatic carbocycles. The normalized spacial score (nSPS) is 9.82. The fraction of sp³-hybridized carbons (Fsp3) is 0.500. The Labute approximate surface area is 104 Å². The smallest absolute Gasteiger partial charge is 0.341 e. The van der Waals surface area contributed by atoms with Gasteiger partial charge in [-0.1, -0.05) is 13.8 Å². The highest BCUT2D eigenvalue weighted by Gasteiger charge is 2.22. The molecule has 0 amide bonds. The molecule has 5 heteroatoms. The molecule has 0 unspecified atom stereocenters. The van der Waals surface area contributed by atoms with E-state index in [1.165, 1.54) is 17.4 Å². The van der Waals surface area contributed by atoms with Crippen molar-refractivity contribution in [2.45, 2.75) is 33.6 Å². The summed E-state index contributed by atoms with van der Waals surface area (Å²) < 4.78 is 4.99. The van der Waals surface area contributed by atoms with Gasteiger partial charge in [-0.05, 0) is 25.3 Å². The fourth-order valence-electron chi connectivity index (χ4n) is 1.69. The van der Waals surface area contributed by atoms with Crippen molar-refractivity contribution in [3.63, 3.8) is 0 Å². The lowest BCUT2D eigenvalue weighted by molar-refractivity contribution is 0.0526. The molecule has 92 valence electrons. The molecule has 0 bridgehead atoms. The number of nitrogens with zero attached hydrogens (tertiary/aromatic N) is 1. The van der Waals surface area contributed by atoms with Crippen LogP contribution in [0.1, 0.15) is 41.6 Å². The quantitative estimate of drug-likeness (QED) is 0.460. The van der Waals surface area contributed by atoms with Gasteiger partial charge in [0.1, 0.15) is 10.6 Å². The third-order valence-electron chi connectivity index (χ3n) is 2.37. The molecule has 0 spiro atoms. The fourth-order valence-corrected chi connectivity index (χ4v) is 2.83. The molecular formula is C12H15NO3S. The maximum absolute atomic E-state index is 11.8. The minimum Gasteiger partial charge on any atom is -0.462 e. The number of rotatable bonds is 5. The van der Waals surface area contributed by atoms with Crippen molar-refractivity contribution in [2.24, 2.45) is 4.99 Å². The van der Waals surface area contributed by atoms with Gasteiger partial charge in [-0.3, -0.25) is 0 Å². The first kappa shape index (κ1) is 13.6. The van der Waals surface area contributed by atoms with E-state index in [1.54, 1.807) is 6.92 Å². The second kappa shape index (κ2) is 6.33. The van der Waals surface area contributed by atoms with E-state index >= 15 is 0 Å². The van der Waals surface area contributed by atoms with Crippen LogP contribution in [0, 0.1) is 0 Å². The van der Waals surface area contributed by atoms with Gasteiger partial charge in [0.05, 0.1) is 6.61 Å². The Bertz CT molecular complexity index is 459. The van der Waals surface area contributed by atoms with Crippen LogP contribution in [0.4, 0.5) is 5.00 Å². The van der Waals surface area contributed by atoms with Crippen LogP contribution in [0.2, 0.25) is 0 Å². The van der Waals surface area contributed by atoms with Crippen LogP contribution in [-0.4, -0.2) is 18.7 Å². The van der Waals surface area contributed by atoms with Crippen LogP contribution in [0.5, 0.6) is 0 Å². The second-order valence-electron chi connectivity index (χ2n) is 3.31. The Morgan fingerprint density at radius 3 is 2.53 bits per heavy atom. The molecule has 1 rings (SSSR count). The van der Waals surface area contributed by atoms with Crippen LogP contribution < -0.4 is 0 Å². The molecule has 17 heavy (non-hydrogen) atoms. The first-order chi connectivity index (χ1) is 8.19. The monoisotopic (exact) mass is 253 g/mol. The lowest BCUT2D eigenvalue weighted by atomic mass is 10.1. The molecule has 0 aromatic carbocycles. The number of ether oxygens (including phenoxy) is 1. The largest absolute Gasteiger partial charge is 0.462 e. The van der Waals surface area contributed by atoms with Crippen LogP contribution >= 0.6 is 11.3 Å². The molecule has 0 radical (unpaired) electrons. The molecule has 0 N–H and O–H groups in total. The number of carbonyl (C=O) groups excluding carboxylic acids is 2. The van der Waals surface area contributed by atoms with Gasteiger partial charge < -0.3 is 4.74 Å². The molecule has 4 nitrogen and oxygen atoms in total. The average Bonchev–Trinajstić information content (AvgIpc) is 2.67. The van der Waals surface area contributed by atoms with Crippen LogP contribution in [0.15, 0.2) is 4.99 Å². The summed E-state index contributed by atoms with van der Waals surface area (Å²) in [6.07, 6.45) is 3.03. The van der Waals surface area contributed by atoms with Gasteiger partial charge in [0.2, 0.25) is 6.08 Å². The predicted molar refractivity (Wildman–Crippen MR) is 66.8 cm³/mol. The first-order valence-corrected chi connectivity index (χ1v) is 6.40. The van der Waals surface area contributed by atoms with Gasteiger partial charge in [0, 0.05) is 4.88 Å². The van der Waals surface area contributed by atoms with Crippen molar-refractivity contribution < 1.29 is 14.3 Å². The Morgan fingerprint density at radius 2 is 2.06 bits per heavy atom. The van der Waals surface area contributed by atoms with Crippen molar-refractivity contribution in [3.8, 4) is 0 Å². The van der Waals surface area contributed by atoms with Crippen molar-refractivity contribution in [3.05, 3.63) is 16.0 Å². The summed E-state index contributed by atoms with van der Waals surface area (Å²) >= 11 is 1.36. The van der Waals surface area contributed by atoms with Gasteiger partial charge in [-0.15, -0.1) is 11.3 Å². The van der Waals surface area contributed by atoms with Gasteiger partial charge in [0.25, 0.3) is 0 Å². The number of hydrogen-bond acceptors (Lipinski definition) is 5. The molecule has 0 fully saturated rings. The zero-order chi connectivity index (χ0) is 12.8. The number of isocyanates is 1. The highest BCUT2D eigenvalue weighted by molar-refractivity contribution is 7.16. The van der Waals surface area contributed by atoms with Crippen LogP contribution in [0.3, 0.4) is 0 Å². The molecule has 1 heterocycles. The lowest BCUT2D eigenvalue weighted by Gasteiger charge is -2.04. The van der Waals surface area contributed by atoms with E-state index in [0.29, 0.717) is 17.2 Å². The molecule has 0 saturated heterocycles. The number of aliphatic imine (C=N–C) groups is 1. The Kier molecular flexibility index (Phi) is 5.07. The van der Waals surface area contributed by atoms with E-state index in [4.69, 9.17) is 4.74 Å². The number of thiophene rings is 1. The highest BCUT2D eigenvalue weighted by atomic mass is 32.1. The number of aryl methyl sites for hydroxylation is 1. The summed E-state index contributed by atoms with van der Waals surface area (Å²) in [5.41, 5.74) is 1.37. The zero-order valence-electron chi connectivity index (χ0n) is 10.2. The predicted octanol–water partition coefficient (Wildman–Crippen LogP) is 3.02. The Morgan fingerprint density at radius 1 is 1.35 bits per heavy atom. The summed E-state index contributed by atoms with van der Waals surface area (Å²) in [6.45, 7) is 6.04. The first-order valence-electron chi connectivity index (χ1n) is 5.58. The molecule has 0 aliphatic rings. The maximum atomic E-state index is 11.8. The van der Waals surface area contributed by atoms with Gasteiger partial charge in [-0.25, -0.2) is 9.59 Å². The summed E-state index contributed by atoms with van der Waals surface area (Å²) in [5.74, 6) is -0.408. The topological polar surface area (TPSA) is 55.7 Å². The summed E-state index contributed by atoms with van der Waals surface area (Å²) in [7, 11) is 0.